The molecule has 2 aromatic carbocycles. The molecule has 0 radical (unpaired) electrons. The van der Waals surface area contributed by atoms with E-state index < -0.39 is 0 Å². The van der Waals surface area contributed by atoms with Gasteiger partial charge in [0.2, 0.25) is 0 Å². The highest BCUT2D eigenvalue weighted by Gasteiger charge is 2.35. The average molecular weight is 482 g/mol. The van der Waals surface area contributed by atoms with Crippen molar-refractivity contribution in [1.29, 1.82) is 0 Å². The van der Waals surface area contributed by atoms with E-state index in [0.29, 0.717) is 44.0 Å². The number of benzene rings is 2. The number of ether oxygens (including phenoxy) is 1. The van der Waals surface area contributed by atoms with E-state index in [1.54, 1.807) is 5.01 Å². The number of likely N-dealkylation sites (tertiary alicyclic amines) is 1. The smallest absolute Gasteiger partial charge is 0.309 e. The predicted molar refractivity (Wildman–Crippen MR) is 134 cm³/mol. The summed E-state index contributed by atoms with van der Waals surface area (Å²) in [6.45, 7) is 8.08. The summed E-state index contributed by atoms with van der Waals surface area (Å²) in [5.74, 6) is -0.235. The van der Waals surface area contributed by atoms with Crippen LogP contribution in [0.15, 0.2) is 47.6 Å². The Kier molecular flexibility index (Phi) is 7.69. The Bertz CT molecular complexity index is 1080. The predicted octanol–water partition coefficient (Wildman–Crippen LogP) is 4.91. The zero-order valence-electron chi connectivity index (χ0n) is 20.1. The molecule has 0 aliphatic carbocycles. The molecule has 0 bridgehead atoms. The number of hydrogen-bond acceptors (Lipinski definition) is 5. The van der Waals surface area contributed by atoms with E-state index >= 15 is 0 Å². The van der Waals surface area contributed by atoms with Crippen LogP contribution < -0.4 is 0 Å². The molecule has 2 aliphatic heterocycles. The van der Waals surface area contributed by atoms with Crippen molar-refractivity contribution in [2.24, 2.45) is 11.0 Å². The first-order valence-corrected chi connectivity index (χ1v) is 12.3. The molecule has 6 nitrogen and oxygen atoms in total. The highest BCUT2D eigenvalue weighted by Crippen LogP contribution is 2.34. The van der Waals surface area contributed by atoms with Gasteiger partial charge in [-0.15, -0.1) is 0 Å². The summed E-state index contributed by atoms with van der Waals surface area (Å²) in [4.78, 5) is 27.6. The summed E-state index contributed by atoms with van der Waals surface area (Å²) < 4.78 is 5.16. The van der Waals surface area contributed by atoms with Crippen molar-refractivity contribution in [3.63, 3.8) is 0 Å². The Morgan fingerprint density at radius 3 is 2.41 bits per heavy atom. The molecule has 0 aromatic heterocycles. The molecular weight excluding hydrogens is 450 g/mol. The van der Waals surface area contributed by atoms with Crippen molar-refractivity contribution < 1.29 is 14.3 Å². The highest BCUT2D eigenvalue weighted by atomic mass is 35.5. The lowest BCUT2D eigenvalue weighted by Crippen LogP contribution is -2.43. The van der Waals surface area contributed by atoms with Crippen molar-refractivity contribution >= 4 is 29.2 Å². The van der Waals surface area contributed by atoms with Gasteiger partial charge in [-0.1, -0.05) is 35.9 Å². The van der Waals surface area contributed by atoms with E-state index in [9.17, 15) is 9.59 Å². The molecule has 1 unspecified atom stereocenters. The van der Waals surface area contributed by atoms with E-state index in [-0.39, 0.29) is 30.4 Å². The minimum absolute atomic E-state index is 0.0339. The second kappa shape index (κ2) is 10.7. The molecule has 180 valence electrons. The lowest BCUT2D eigenvalue weighted by atomic mass is 9.96. The second-order valence-corrected chi connectivity index (χ2v) is 9.59. The molecule has 7 heteroatoms. The number of aryl methyl sites for hydroxylation is 2. The van der Waals surface area contributed by atoms with Crippen LogP contribution in [0, 0.1) is 19.8 Å². The molecule has 1 amide bonds. The van der Waals surface area contributed by atoms with E-state index in [1.165, 1.54) is 11.1 Å². The van der Waals surface area contributed by atoms with Crippen molar-refractivity contribution in [2.75, 3.05) is 26.2 Å². The number of hydrogen-bond donors (Lipinski definition) is 0. The van der Waals surface area contributed by atoms with Gasteiger partial charge in [-0.05, 0) is 87.2 Å². The van der Waals surface area contributed by atoms with Crippen LogP contribution in [0.25, 0.3) is 0 Å². The third-order valence-electron chi connectivity index (χ3n) is 6.83. The number of piperidine rings is 1. The SMILES string of the molecule is CCOC(=O)C1CCN(CC(=O)N2N=C(c3ccc(C)c(C)c3)CC2c2ccc(Cl)cc2)CC1. The van der Waals surface area contributed by atoms with E-state index in [1.807, 2.05) is 31.2 Å². The molecule has 34 heavy (non-hydrogen) atoms. The number of amides is 1. The number of esters is 1. The lowest BCUT2D eigenvalue weighted by Gasteiger charge is -2.31. The molecule has 2 aromatic rings. The van der Waals surface area contributed by atoms with Crippen LogP contribution in [0.5, 0.6) is 0 Å². The van der Waals surface area contributed by atoms with Crippen molar-refractivity contribution in [3.05, 3.63) is 69.7 Å². The van der Waals surface area contributed by atoms with E-state index in [4.69, 9.17) is 21.4 Å². The molecule has 0 saturated carbocycles. The third kappa shape index (κ3) is 5.50. The van der Waals surface area contributed by atoms with Crippen LogP contribution in [0.4, 0.5) is 0 Å². The molecule has 2 heterocycles. The van der Waals surface area contributed by atoms with Gasteiger partial charge in [0.25, 0.3) is 5.91 Å². The fraction of sp³-hybridized carbons (Fsp3) is 0.444. The summed E-state index contributed by atoms with van der Waals surface area (Å²) in [7, 11) is 0. The van der Waals surface area contributed by atoms with Gasteiger partial charge < -0.3 is 4.74 Å². The fourth-order valence-electron chi connectivity index (χ4n) is 4.63. The first-order chi connectivity index (χ1) is 16.4. The molecule has 1 fully saturated rings. The summed E-state index contributed by atoms with van der Waals surface area (Å²) in [5.41, 5.74) is 5.42. The zero-order valence-corrected chi connectivity index (χ0v) is 20.8. The Morgan fingerprint density at radius 1 is 1.06 bits per heavy atom. The van der Waals surface area contributed by atoms with Gasteiger partial charge in [-0.2, -0.15) is 5.10 Å². The van der Waals surface area contributed by atoms with Crippen molar-refractivity contribution in [3.8, 4) is 0 Å². The second-order valence-electron chi connectivity index (χ2n) is 9.16. The molecule has 0 spiro atoms. The van der Waals surface area contributed by atoms with Gasteiger partial charge in [0.05, 0.1) is 30.8 Å². The number of carbonyl (C=O) groups is 2. The molecule has 1 saturated heterocycles. The summed E-state index contributed by atoms with van der Waals surface area (Å²) >= 11 is 6.11. The summed E-state index contributed by atoms with van der Waals surface area (Å²) in [5, 5.41) is 7.12. The molecule has 1 atom stereocenters. The average Bonchev–Trinajstić information content (AvgIpc) is 3.28. The molecule has 0 N–H and O–H groups in total. The normalized spacial score (nSPS) is 19.2. The van der Waals surface area contributed by atoms with Gasteiger partial charge in [0.1, 0.15) is 0 Å². The van der Waals surface area contributed by atoms with Crippen molar-refractivity contribution in [1.82, 2.24) is 9.91 Å². The van der Waals surface area contributed by atoms with E-state index in [0.717, 1.165) is 16.8 Å². The zero-order chi connectivity index (χ0) is 24.2. The third-order valence-corrected chi connectivity index (χ3v) is 7.08. The first kappa shape index (κ1) is 24.4. The minimum atomic E-state index is -0.168. The molecule has 4 rings (SSSR count). The Hall–Kier alpha value is -2.70. The van der Waals surface area contributed by atoms with Crippen LogP contribution in [-0.4, -0.2) is 53.7 Å². The van der Waals surface area contributed by atoms with Gasteiger partial charge in [-0.25, -0.2) is 5.01 Å². The first-order valence-electron chi connectivity index (χ1n) is 12.0. The maximum absolute atomic E-state index is 13.4. The van der Waals surface area contributed by atoms with Gasteiger partial charge >= 0.3 is 5.97 Å². The van der Waals surface area contributed by atoms with Crippen LogP contribution in [0.3, 0.4) is 0 Å². The van der Waals surface area contributed by atoms with Gasteiger partial charge in [-0.3, -0.25) is 14.5 Å². The summed E-state index contributed by atoms with van der Waals surface area (Å²) in [6.07, 6.45) is 2.08. The number of nitrogens with zero attached hydrogens (tertiary/aromatic N) is 3. The molecule has 2 aliphatic rings. The topological polar surface area (TPSA) is 62.2 Å². The number of halogens is 1. The van der Waals surface area contributed by atoms with Crippen LogP contribution in [0.2, 0.25) is 5.02 Å². The highest BCUT2D eigenvalue weighted by molar-refractivity contribution is 6.30. The van der Waals surface area contributed by atoms with Crippen LogP contribution >= 0.6 is 11.6 Å². The largest absolute Gasteiger partial charge is 0.466 e. The maximum atomic E-state index is 13.4. The number of hydrazone groups is 1. The summed E-state index contributed by atoms with van der Waals surface area (Å²) in [6, 6.07) is 13.8. The maximum Gasteiger partial charge on any atom is 0.309 e. The van der Waals surface area contributed by atoms with E-state index in [2.05, 4.69) is 36.9 Å². The number of carbonyl (C=O) groups excluding carboxylic acids is 2. The van der Waals surface area contributed by atoms with Crippen molar-refractivity contribution in [2.45, 2.75) is 46.1 Å². The standard InChI is InChI=1S/C27H32ClN3O3/c1-4-34-27(33)21-11-13-30(14-12-21)17-26(32)31-25(20-7-9-23(28)10-8-20)16-24(29-31)22-6-5-18(2)19(3)15-22/h5-10,15,21,25H,4,11-14,16-17H2,1-3H3. The van der Waals surface area contributed by atoms with Gasteiger partial charge in [0, 0.05) is 11.4 Å². The lowest BCUT2D eigenvalue weighted by molar-refractivity contribution is -0.149. The Labute approximate surface area is 206 Å². The minimum Gasteiger partial charge on any atom is -0.466 e. The van der Waals surface area contributed by atoms with Crippen LogP contribution in [0.1, 0.15) is 54.5 Å². The monoisotopic (exact) mass is 481 g/mol. The fourth-order valence-corrected chi connectivity index (χ4v) is 4.76. The molecular formula is C27H32ClN3O3. The van der Waals surface area contributed by atoms with Gasteiger partial charge in [0.15, 0.2) is 0 Å². The Morgan fingerprint density at radius 2 is 1.76 bits per heavy atom. The Balaban J connectivity index is 1.50. The number of rotatable bonds is 6. The quantitative estimate of drug-likeness (QED) is 0.550. The van der Waals surface area contributed by atoms with Crippen LogP contribution in [-0.2, 0) is 14.3 Å².